The van der Waals surface area contributed by atoms with Gasteiger partial charge in [-0.25, -0.2) is 13.1 Å². The standard InChI is InChI=1S/C13H15ClN4O2S/c1-18-13(11(14)7-16-18)21(19,20)17-12-5-2-8-6-9(15)3-4-10(8)12/h3-4,6-7,12,17H,2,5,15H2,1H3. The summed E-state index contributed by atoms with van der Waals surface area (Å²) in [5, 5.41) is 3.95. The number of aromatic nitrogens is 2. The molecule has 112 valence electrons. The number of fused-ring (bicyclic) bond motifs is 1. The van der Waals surface area contributed by atoms with Gasteiger partial charge in [-0.1, -0.05) is 17.7 Å². The fraction of sp³-hybridized carbons (Fsp3) is 0.308. The zero-order valence-electron chi connectivity index (χ0n) is 11.4. The van der Waals surface area contributed by atoms with Crippen LogP contribution in [-0.2, 0) is 23.5 Å². The summed E-state index contributed by atoms with van der Waals surface area (Å²) in [5.41, 5.74) is 8.49. The molecule has 0 saturated heterocycles. The zero-order chi connectivity index (χ0) is 15.2. The molecule has 1 aromatic carbocycles. The van der Waals surface area contributed by atoms with Crippen molar-refractivity contribution in [2.75, 3.05) is 5.73 Å². The van der Waals surface area contributed by atoms with Crippen molar-refractivity contribution in [3.63, 3.8) is 0 Å². The van der Waals surface area contributed by atoms with E-state index in [1.165, 1.54) is 10.9 Å². The molecule has 0 aliphatic heterocycles. The molecular formula is C13H15ClN4O2S. The van der Waals surface area contributed by atoms with Crippen LogP contribution in [0.15, 0.2) is 29.4 Å². The summed E-state index contributed by atoms with van der Waals surface area (Å²) in [5.74, 6) is 0. The van der Waals surface area contributed by atoms with Crippen LogP contribution in [-0.4, -0.2) is 18.2 Å². The maximum atomic E-state index is 12.5. The van der Waals surface area contributed by atoms with Crippen LogP contribution >= 0.6 is 11.6 Å². The van der Waals surface area contributed by atoms with Gasteiger partial charge in [0.1, 0.15) is 0 Å². The third kappa shape index (κ3) is 2.52. The number of nitrogens with zero attached hydrogens (tertiary/aromatic N) is 2. The summed E-state index contributed by atoms with van der Waals surface area (Å²) in [4.78, 5) is 0. The Hall–Kier alpha value is -1.57. The molecule has 0 amide bonds. The normalized spacial score (nSPS) is 17.9. The topological polar surface area (TPSA) is 90.0 Å². The van der Waals surface area contributed by atoms with Crippen molar-refractivity contribution in [2.45, 2.75) is 23.9 Å². The van der Waals surface area contributed by atoms with Gasteiger partial charge in [-0.15, -0.1) is 0 Å². The van der Waals surface area contributed by atoms with E-state index in [-0.39, 0.29) is 16.1 Å². The van der Waals surface area contributed by atoms with Gasteiger partial charge in [0.25, 0.3) is 10.0 Å². The average Bonchev–Trinajstić information content (AvgIpc) is 2.93. The summed E-state index contributed by atoms with van der Waals surface area (Å²) >= 11 is 5.92. The van der Waals surface area contributed by atoms with Crippen LogP contribution in [0.5, 0.6) is 0 Å². The number of benzene rings is 1. The molecule has 1 heterocycles. The number of sulfonamides is 1. The molecule has 3 rings (SSSR count). The van der Waals surface area contributed by atoms with Crippen LogP contribution in [0, 0.1) is 0 Å². The van der Waals surface area contributed by atoms with Gasteiger partial charge in [0.05, 0.1) is 11.2 Å². The maximum absolute atomic E-state index is 12.5. The van der Waals surface area contributed by atoms with E-state index in [9.17, 15) is 8.42 Å². The van der Waals surface area contributed by atoms with Gasteiger partial charge >= 0.3 is 0 Å². The predicted molar refractivity (Wildman–Crippen MR) is 80.5 cm³/mol. The monoisotopic (exact) mass is 326 g/mol. The summed E-state index contributed by atoms with van der Waals surface area (Å²) in [7, 11) is -2.18. The highest BCUT2D eigenvalue weighted by Crippen LogP contribution is 2.34. The first-order valence-corrected chi connectivity index (χ1v) is 8.33. The Morgan fingerprint density at radius 3 is 2.90 bits per heavy atom. The van der Waals surface area contributed by atoms with E-state index >= 15 is 0 Å². The Labute approximate surface area is 128 Å². The Bertz CT molecular complexity index is 781. The number of hydrogen-bond donors (Lipinski definition) is 2. The van der Waals surface area contributed by atoms with E-state index in [4.69, 9.17) is 17.3 Å². The second-order valence-corrected chi connectivity index (χ2v) is 7.13. The number of anilines is 1. The highest BCUT2D eigenvalue weighted by Gasteiger charge is 2.30. The second kappa shape index (κ2) is 5.01. The molecule has 1 aliphatic rings. The predicted octanol–water partition coefficient (Wildman–Crippen LogP) is 1.62. The number of rotatable bonds is 3. The quantitative estimate of drug-likeness (QED) is 0.839. The summed E-state index contributed by atoms with van der Waals surface area (Å²) in [6.07, 6.45) is 2.82. The molecule has 1 atom stereocenters. The maximum Gasteiger partial charge on any atom is 0.259 e. The van der Waals surface area contributed by atoms with Crippen LogP contribution in [0.3, 0.4) is 0 Å². The smallest absolute Gasteiger partial charge is 0.259 e. The Morgan fingerprint density at radius 1 is 1.48 bits per heavy atom. The Kier molecular flexibility index (Phi) is 3.43. The first kappa shape index (κ1) is 14.4. The highest BCUT2D eigenvalue weighted by atomic mass is 35.5. The molecule has 0 saturated carbocycles. The minimum absolute atomic E-state index is 0.0203. The van der Waals surface area contributed by atoms with Crippen LogP contribution in [0.4, 0.5) is 5.69 Å². The van der Waals surface area contributed by atoms with E-state index in [0.29, 0.717) is 12.1 Å². The molecule has 6 nitrogen and oxygen atoms in total. The number of hydrogen-bond acceptors (Lipinski definition) is 4. The van der Waals surface area contributed by atoms with Crippen LogP contribution in [0.25, 0.3) is 0 Å². The van der Waals surface area contributed by atoms with Gasteiger partial charge in [-0.2, -0.15) is 5.10 Å². The van der Waals surface area contributed by atoms with E-state index in [1.807, 2.05) is 12.1 Å². The lowest BCUT2D eigenvalue weighted by molar-refractivity contribution is 0.540. The number of nitrogens with two attached hydrogens (primary N) is 1. The highest BCUT2D eigenvalue weighted by molar-refractivity contribution is 7.89. The van der Waals surface area contributed by atoms with Gasteiger partial charge in [-0.05, 0) is 36.1 Å². The van der Waals surface area contributed by atoms with Gasteiger partial charge < -0.3 is 5.73 Å². The molecule has 21 heavy (non-hydrogen) atoms. The van der Waals surface area contributed by atoms with E-state index < -0.39 is 10.0 Å². The van der Waals surface area contributed by atoms with Crippen molar-refractivity contribution in [2.24, 2.45) is 7.05 Å². The van der Waals surface area contributed by atoms with E-state index in [2.05, 4.69) is 9.82 Å². The van der Waals surface area contributed by atoms with Gasteiger partial charge in [0, 0.05) is 18.8 Å². The van der Waals surface area contributed by atoms with E-state index in [0.717, 1.165) is 17.5 Å². The summed E-state index contributed by atoms with van der Waals surface area (Å²) in [6.45, 7) is 0. The lowest BCUT2D eigenvalue weighted by Crippen LogP contribution is -2.29. The number of aryl methyl sites for hydroxylation is 2. The van der Waals surface area contributed by atoms with Gasteiger partial charge in [0.2, 0.25) is 0 Å². The van der Waals surface area contributed by atoms with Crippen molar-refractivity contribution >= 4 is 27.3 Å². The second-order valence-electron chi connectivity index (χ2n) is 5.09. The van der Waals surface area contributed by atoms with E-state index in [1.54, 1.807) is 13.1 Å². The van der Waals surface area contributed by atoms with Crippen molar-refractivity contribution in [3.05, 3.63) is 40.5 Å². The molecule has 0 fully saturated rings. The Morgan fingerprint density at radius 2 is 2.24 bits per heavy atom. The number of nitrogen functional groups attached to an aromatic ring is 1. The molecule has 0 radical (unpaired) electrons. The fourth-order valence-corrected chi connectivity index (χ4v) is 4.61. The van der Waals surface area contributed by atoms with Crippen LogP contribution < -0.4 is 10.5 Å². The Balaban J connectivity index is 1.92. The van der Waals surface area contributed by atoms with Gasteiger partial charge in [0.15, 0.2) is 5.03 Å². The molecule has 1 unspecified atom stereocenters. The molecule has 1 aromatic heterocycles. The minimum atomic E-state index is -3.73. The molecule has 2 aromatic rings. The summed E-state index contributed by atoms with van der Waals surface area (Å²) in [6, 6.07) is 5.27. The molecule has 0 spiro atoms. The van der Waals surface area contributed by atoms with Crippen LogP contribution in [0.1, 0.15) is 23.6 Å². The number of halogens is 1. The van der Waals surface area contributed by atoms with Crippen molar-refractivity contribution in [1.29, 1.82) is 0 Å². The third-order valence-corrected chi connectivity index (χ3v) is 5.62. The molecular weight excluding hydrogens is 312 g/mol. The van der Waals surface area contributed by atoms with Crippen molar-refractivity contribution < 1.29 is 8.42 Å². The first-order chi connectivity index (χ1) is 9.88. The lowest BCUT2D eigenvalue weighted by atomic mass is 10.1. The van der Waals surface area contributed by atoms with Crippen molar-refractivity contribution in [3.8, 4) is 0 Å². The molecule has 8 heteroatoms. The largest absolute Gasteiger partial charge is 0.399 e. The SMILES string of the molecule is Cn1ncc(Cl)c1S(=O)(=O)NC1CCc2cc(N)ccc21. The molecule has 1 aliphatic carbocycles. The molecule has 3 N–H and O–H groups in total. The number of nitrogens with one attached hydrogen (secondary N) is 1. The summed E-state index contributed by atoms with van der Waals surface area (Å²) < 4.78 is 28.9. The minimum Gasteiger partial charge on any atom is -0.399 e. The van der Waals surface area contributed by atoms with Crippen LogP contribution in [0.2, 0.25) is 5.02 Å². The van der Waals surface area contributed by atoms with Gasteiger partial charge in [-0.3, -0.25) is 4.68 Å². The first-order valence-electron chi connectivity index (χ1n) is 6.46. The fourth-order valence-electron chi connectivity index (χ4n) is 2.70. The average molecular weight is 327 g/mol. The third-order valence-electron chi connectivity index (χ3n) is 3.64. The zero-order valence-corrected chi connectivity index (χ0v) is 12.9. The van der Waals surface area contributed by atoms with Crippen molar-refractivity contribution in [1.82, 2.24) is 14.5 Å². The lowest BCUT2D eigenvalue weighted by Gasteiger charge is -2.15. The molecule has 0 bridgehead atoms.